The van der Waals surface area contributed by atoms with Gasteiger partial charge in [-0.15, -0.1) is 0 Å². The Kier molecular flexibility index (Phi) is 21.7. The van der Waals surface area contributed by atoms with Gasteiger partial charge >= 0.3 is 0 Å². The van der Waals surface area contributed by atoms with E-state index >= 15 is 0 Å². The molecule has 0 unspecified atom stereocenters. The molecule has 0 saturated carbocycles. The molecule has 17 heavy (non-hydrogen) atoms. The summed E-state index contributed by atoms with van der Waals surface area (Å²) in [6.45, 7) is 6.04. The lowest BCUT2D eigenvalue weighted by Gasteiger charge is -1.97. The summed E-state index contributed by atoms with van der Waals surface area (Å²) in [5, 5.41) is 0. The summed E-state index contributed by atoms with van der Waals surface area (Å²) >= 11 is 0. The Morgan fingerprint density at radius 2 is 1.29 bits per heavy atom. The van der Waals surface area contributed by atoms with Gasteiger partial charge in [0, 0.05) is 0 Å². The first-order valence-corrected chi connectivity index (χ1v) is 5.35. The van der Waals surface area contributed by atoms with E-state index < -0.39 is 11.6 Å². The molecule has 0 saturated heterocycles. The summed E-state index contributed by atoms with van der Waals surface area (Å²) in [7, 11) is 1.00. The lowest BCUT2D eigenvalue weighted by molar-refractivity contribution is 0.500. The van der Waals surface area contributed by atoms with Gasteiger partial charge in [-0.05, 0) is 18.1 Å². The van der Waals surface area contributed by atoms with E-state index in [4.69, 9.17) is 0 Å². The van der Waals surface area contributed by atoms with Crippen LogP contribution in [0.4, 0.5) is 17.6 Å². The van der Waals surface area contributed by atoms with Crippen LogP contribution >= 0.6 is 0 Å². The van der Waals surface area contributed by atoms with E-state index in [9.17, 15) is 17.6 Å². The highest BCUT2D eigenvalue weighted by Gasteiger charge is 2.03. The number of rotatable bonds is 1. The van der Waals surface area contributed by atoms with Crippen molar-refractivity contribution in [2.45, 2.75) is 33.6 Å². The molecule has 0 bridgehead atoms. The molecule has 4 heteroatoms. The molecule has 102 valence electrons. The average Bonchev–Trinajstić information content (AvgIpc) is 2.38. The van der Waals surface area contributed by atoms with Crippen molar-refractivity contribution >= 4 is 0 Å². The Labute approximate surface area is 102 Å². The zero-order valence-electron chi connectivity index (χ0n) is 11.2. The van der Waals surface area contributed by atoms with Crippen molar-refractivity contribution in [1.29, 1.82) is 0 Å². The molecule has 0 nitrogen and oxygen atoms in total. The summed E-state index contributed by atoms with van der Waals surface area (Å²) in [5.74, 6) is -1.48. The zero-order chi connectivity index (χ0) is 14.3. The van der Waals surface area contributed by atoms with Crippen LogP contribution in [0.1, 0.15) is 32.8 Å². The van der Waals surface area contributed by atoms with E-state index in [1.54, 1.807) is 13.0 Å². The van der Waals surface area contributed by atoms with Gasteiger partial charge in [-0.1, -0.05) is 39.3 Å². The molecular weight excluding hydrogens is 232 g/mol. The number of hydrogen-bond acceptors (Lipinski definition) is 0. The van der Waals surface area contributed by atoms with Gasteiger partial charge in [-0.3, -0.25) is 8.78 Å². The van der Waals surface area contributed by atoms with E-state index in [1.165, 1.54) is 12.5 Å². The minimum absolute atomic E-state index is 0.431. The Hall–Kier alpha value is -1.06. The Bertz CT molecular complexity index is 249. The van der Waals surface area contributed by atoms with Crippen LogP contribution < -0.4 is 0 Å². The minimum Gasteiger partial charge on any atom is -0.255 e. The Morgan fingerprint density at radius 3 is 1.59 bits per heavy atom. The van der Waals surface area contributed by atoms with Crippen LogP contribution in [0, 0.1) is 11.6 Å². The van der Waals surface area contributed by atoms with Crippen LogP contribution in [0.2, 0.25) is 0 Å². The molecule has 0 heterocycles. The second-order valence-electron chi connectivity index (χ2n) is 2.77. The Morgan fingerprint density at radius 1 is 0.882 bits per heavy atom. The summed E-state index contributed by atoms with van der Waals surface area (Å²) in [6, 6.07) is 4.21. The third-order valence-corrected chi connectivity index (χ3v) is 1.41. The maximum atomic E-state index is 12.6. The number of alkyl halides is 2. The molecule has 0 amide bonds. The fraction of sp³-hybridized carbons (Fsp3) is 0.538. The average molecular weight is 254 g/mol. The molecular formula is C13H22F4. The van der Waals surface area contributed by atoms with E-state index in [1.807, 2.05) is 0 Å². The second-order valence-corrected chi connectivity index (χ2v) is 2.77. The molecule has 1 aromatic carbocycles. The van der Waals surface area contributed by atoms with Crippen LogP contribution in [0.3, 0.4) is 0 Å². The Balaban J connectivity index is -0.000000239. The number of hydrogen-bond donors (Lipinski definition) is 0. The highest BCUT2D eigenvalue weighted by atomic mass is 19.2. The van der Waals surface area contributed by atoms with Crippen LogP contribution in [0.5, 0.6) is 0 Å². The molecule has 0 fully saturated rings. The van der Waals surface area contributed by atoms with E-state index in [2.05, 4.69) is 13.8 Å². The van der Waals surface area contributed by atoms with E-state index in [0.717, 1.165) is 6.07 Å². The molecule has 0 N–H and O–H groups in total. The largest absolute Gasteiger partial charge is 0.255 e. The predicted molar refractivity (Wildman–Crippen MR) is 65.8 cm³/mol. The maximum Gasteiger partial charge on any atom is 0.161 e. The molecule has 0 aliphatic rings. The standard InChI is InChI=1S/C8H8F2.C3H8.2CH3F/c1-2-6-4-3-5-7(9)8(6)10;1-3-2;2*1-2/h3-5H,2H2,1H3;3H2,1-2H3;2*1H3. The first kappa shape index (κ1) is 21.2. The lowest BCUT2D eigenvalue weighted by atomic mass is 10.1. The van der Waals surface area contributed by atoms with Gasteiger partial charge in [0.2, 0.25) is 0 Å². The van der Waals surface area contributed by atoms with Gasteiger partial charge in [-0.2, -0.15) is 0 Å². The summed E-state index contributed by atoms with van der Waals surface area (Å²) < 4.78 is 44.0. The second kappa shape index (κ2) is 17.3. The number of benzene rings is 1. The first-order valence-electron chi connectivity index (χ1n) is 5.35. The topological polar surface area (TPSA) is 0 Å². The van der Waals surface area contributed by atoms with Gasteiger partial charge in [0.05, 0.1) is 14.4 Å². The molecule has 0 aromatic heterocycles. The molecule has 0 radical (unpaired) electrons. The predicted octanol–water partition coefficient (Wildman–Crippen LogP) is 5.11. The highest BCUT2D eigenvalue weighted by Crippen LogP contribution is 2.10. The summed E-state index contributed by atoms with van der Waals surface area (Å²) in [5.41, 5.74) is 0.431. The van der Waals surface area contributed by atoms with Crippen LogP contribution in [0.25, 0.3) is 0 Å². The normalized spacial score (nSPS) is 7.59. The molecule has 0 atom stereocenters. The molecule has 0 aliphatic carbocycles. The van der Waals surface area contributed by atoms with Crippen LogP contribution in [-0.4, -0.2) is 14.4 Å². The number of halogens is 4. The fourth-order valence-corrected chi connectivity index (χ4v) is 0.822. The third kappa shape index (κ3) is 11.2. The van der Waals surface area contributed by atoms with Gasteiger partial charge in [0.15, 0.2) is 11.6 Å². The summed E-state index contributed by atoms with van der Waals surface area (Å²) in [6.07, 6.45) is 1.78. The fourth-order valence-electron chi connectivity index (χ4n) is 0.822. The van der Waals surface area contributed by atoms with Crippen LogP contribution in [-0.2, 0) is 6.42 Å². The molecule has 0 spiro atoms. The monoisotopic (exact) mass is 254 g/mol. The highest BCUT2D eigenvalue weighted by molar-refractivity contribution is 5.18. The van der Waals surface area contributed by atoms with E-state index in [-0.39, 0.29) is 0 Å². The lowest BCUT2D eigenvalue weighted by Crippen LogP contribution is -1.90. The van der Waals surface area contributed by atoms with Gasteiger partial charge in [-0.25, -0.2) is 8.78 Å². The van der Waals surface area contributed by atoms with Gasteiger partial charge in [0.1, 0.15) is 0 Å². The van der Waals surface area contributed by atoms with Gasteiger partial charge < -0.3 is 0 Å². The first-order chi connectivity index (χ1) is 8.17. The summed E-state index contributed by atoms with van der Waals surface area (Å²) in [4.78, 5) is 0. The van der Waals surface area contributed by atoms with Crippen molar-refractivity contribution in [3.63, 3.8) is 0 Å². The third-order valence-electron chi connectivity index (χ3n) is 1.41. The number of aryl methyl sites for hydroxylation is 1. The van der Waals surface area contributed by atoms with Gasteiger partial charge in [0.25, 0.3) is 0 Å². The minimum atomic E-state index is -0.764. The maximum absolute atomic E-state index is 12.6. The molecule has 1 aromatic rings. The van der Waals surface area contributed by atoms with Crippen molar-refractivity contribution in [2.75, 3.05) is 14.4 Å². The molecule has 1 rings (SSSR count). The molecule has 0 aliphatic heterocycles. The van der Waals surface area contributed by atoms with Crippen molar-refractivity contribution in [2.24, 2.45) is 0 Å². The van der Waals surface area contributed by atoms with E-state index in [0.29, 0.717) is 26.3 Å². The van der Waals surface area contributed by atoms with Crippen molar-refractivity contribution in [3.8, 4) is 0 Å². The smallest absolute Gasteiger partial charge is 0.161 e. The van der Waals surface area contributed by atoms with Crippen molar-refractivity contribution < 1.29 is 17.6 Å². The van der Waals surface area contributed by atoms with Crippen LogP contribution in [0.15, 0.2) is 18.2 Å². The van der Waals surface area contributed by atoms with Crippen molar-refractivity contribution in [3.05, 3.63) is 35.4 Å². The SMILES string of the molecule is CCC.CCc1cccc(F)c1F.CF.CF. The zero-order valence-corrected chi connectivity index (χ0v) is 11.2. The van der Waals surface area contributed by atoms with Crippen molar-refractivity contribution in [1.82, 2.24) is 0 Å². The quantitative estimate of drug-likeness (QED) is 0.610.